The van der Waals surface area contributed by atoms with E-state index in [1.165, 1.54) is 10.5 Å². The van der Waals surface area contributed by atoms with Gasteiger partial charge in [0.2, 0.25) is 11.8 Å². The van der Waals surface area contributed by atoms with Gasteiger partial charge in [0, 0.05) is 31.0 Å². The van der Waals surface area contributed by atoms with Crippen LogP contribution in [-0.4, -0.2) is 35.2 Å². The number of imide groups is 1. The number of aryl methyl sites for hydroxylation is 1. The first kappa shape index (κ1) is 19.4. The summed E-state index contributed by atoms with van der Waals surface area (Å²) in [5.74, 6) is -0.402. The molecule has 2 aliphatic heterocycles. The molecule has 0 aromatic heterocycles. The maximum Gasteiger partial charge on any atom is 0.254 e. The van der Waals surface area contributed by atoms with Crippen LogP contribution in [0, 0.1) is 0 Å². The highest BCUT2D eigenvalue weighted by Crippen LogP contribution is 2.27. The highest BCUT2D eigenvalue weighted by molar-refractivity contribution is 6.20. The summed E-state index contributed by atoms with van der Waals surface area (Å²) in [6.07, 6.45) is 5.54. The van der Waals surface area contributed by atoms with Crippen LogP contribution in [0.25, 0.3) is 0 Å². The van der Waals surface area contributed by atoms with Crippen molar-refractivity contribution in [2.75, 3.05) is 11.4 Å². The number of likely N-dealkylation sites (tertiary alicyclic amines) is 1. The standard InChI is InChI=1S/C24H26N2O3/c27-22-14-15-23(28)26(22)21-11-6-9-19(17-21)24(29)25-16-5-4-10-20(25)13-12-18-7-2-1-3-8-18/h1-3,6-9,11,17,20H,4-5,10,12-16H2. The summed E-state index contributed by atoms with van der Waals surface area (Å²) in [6, 6.07) is 17.5. The van der Waals surface area contributed by atoms with E-state index in [4.69, 9.17) is 0 Å². The molecule has 2 aliphatic rings. The molecule has 29 heavy (non-hydrogen) atoms. The van der Waals surface area contributed by atoms with Gasteiger partial charge in [0.05, 0.1) is 5.69 Å². The minimum atomic E-state index is -0.196. The van der Waals surface area contributed by atoms with Gasteiger partial charge in [-0.25, -0.2) is 0 Å². The Balaban J connectivity index is 1.50. The van der Waals surface area contributed by atoms with Crippen molar-refractivity contribution in [1.29, 1.82) is 0 Å². The molecule has 4 rings (SSSR count). The molecular formula is C24H26N2O3. The number of carbonyl (C=O) groups excluding carboxylic acids is 3. The zero-order valence-corrected chi connectivity index (χ0v) is 16.5. The maximum atomic E-state index is 13.3. The number of hydrogen-bond donors (Lipinski definition) is 0. The van der Waals surface area contributed by atoms with E-state index in [-0.39, 0.29) is 36.6 Å². The van der Waals surface area contributed by atoms with Crippen LogP contribution in [0.3, 0.4) is 0 Å². The first-order valence-corrected chi connectivity index (χ1v) is 10.4. The molecule has 150 valence electrons. The van der Waals surface area contributed by atoms with Gasteiger partial charge in [0.1, 0.15) is 0 Å². The summed E-state index contributed by atoms with van der Waals surface area (Å²) < 4.78 is 0. The van der Waals surface area contributed by atoms with Crippen LogP contribution in [0.1, 0.15) is 54.4 Å². The van der Waals surface area contributed by atoms with Crippen LogP contribution in [-0.2, 0) is 16.0 Å². The molecule has 0 aliphatic carbocycles. The number of rotatable bonds is 5. The molecule has 0 bridgehead atoms. The SMILES string of the molecule is O=C1CCC(=O)N1c1cccc(C(=O)N2CCCCC2CCc2ccccc2)c1. The highest BCUT2D eigenvalue weighted by atomic mass is 16.2. The quantitative estimate of drug-likeness (QED) is 0.726. The smallest absolute Gasteiger partial charge is 0.254 e. The fourth-order valence-corrected chi connectivity index (χ4v) is 4.35. The van der Waals surface area contributed by atoms with E-state index in [1.807, 2.05) is 23.1 Å². The fourth-order valence-electron chi connectivity index (χ4n) is 4.35. The summed E-state index contributed by atoms with van der Waals surface area (Å²) in [7, 11) is 0. The number of amides is 3. The maximum absolute atomic E-state index is 13.3. The largest absolute Gasteiger partial charge is 0.336 e. The molecule has 3 amide bonds. The third-order valence-corrected chi connectivity index (χ3v) is 5.90. The molecule has 0 N–H and O–H groups in total. The van der Waals surface area contributed by atoms with Crippen LogP contribution in [0.15, 0.2) is 54.6 Å². The summed E-state index contributed by atoms with van der Waals surface area (Å²) in [5.41, 5.74) is 2.33. The first-order chi connectivity index (χ1) is 14.1. The van der Waals surface area contributed by atoms with Crippen LogP contribution >= 0.6 is 0 Å². The first-order valence-electron chi connectivity index (χ1n) is 10.4. The number of anilines is 1. The topological polar surface area (TPSA) is 57.7 Å². The molecule has 2 aromatic carbocycles. The normalized spacial score (nSPS) is 19.7. The van der Waals surface area contributed by atoms with Gasteiger partial charge in [-0.05, 0) is 55.9 Å². The van der Waals surface area contributed by atoms with Crippen LogP contribution < -0.4 is 4.90 Å². The van der Waals surface area contributed by atoms with Gasteiger partial charge in [0.25, 0.3) is 5.91 Å². The molecule has 1 unspecified atom stereocenters. The van der Waals surface area contributed by atoms with Crippen molar-refractivity contribution in [3.63, 3.8) is 0 Å². The Morgan fingerprint density at radius 1 is 0.931 bits per heavy atom. The van der Waals surface area contributed by atoms with Crippen LogP contribution in [0.4, 0.5) is 5.69 Å². The third-order valence-electron chi connectivity index (χ3n) is 5.90. The lowest BCUT2D eigenvalue weighted by atomic mass is 9.95. The second-order valence-corrected chi connectivity index (χ2v) is 7.85. The van der Waals surface area contributed by atoms with Crippen molar-refractivity contribution in [1.82, 2.24) is 4.90 Å². The average molecular weight is 390 g/mol. The third kappa shape index (κ3) is 4.24. The second kappa shape index (κ2) is 8.60. The summed E-state index contributed by atoms with van der Waals surface area (Å²) in [5, 5.41) is 0. The highest BCUT2D eigenvalue weighted by Gasteiger charge is 2.32. The van der Waals surface area contributed by atoms with Gasteiger partial charge in [-0.15, -0.1) is 0 Å². The van der Waals surface area contributed by atoms with Gasteiger partial charge in [-0.3, -0.25) is 19.3 Å². The molecule has 2 fully saturated rings. The van der Waals surface area contributed by atoms with Gasteiger partial charge < -0.3 is 4.90 Å². The number of benzene rings is 2. The van der Waals surface area contributed by atoms with Crippen molar-refractivity contribution in [3.8, 4) is 0 Å². The Morgan fingerprint density at radius 3 is 2.45 bits per heavy atom. The van der Waals surface area contributed by atoms with Crippen LogP contribution in [0.2, 0.25) is 0 Å². The average Bonchev–Trinajstić information content (AvgIpc) is 3.11. The van der Waals surface area contributed by atoms with Crippen molar-refractivity contribution in [3.05, 3.63) is 65.7 Å². The lowest BCUT2D eigenvalue weighted by molar-refractivity contribution is -0.121. The minimum absolute atomic E-state index is 0.0105. The number of carbonyl (C=O) groups is 3. The lowest BCUT2D eigenvalue weighted by Gasteiger charge is -2.36. The Morgan fingerprint density at radius 2 is 1.69 bits per heavy atom. The zero-order valence-electron chi connectivity index (χ0n) is 16.5. The summed E-state index contributed by atoms with van der Waals surface area (Å²) >= 11 is 0. The summed E-state index contributed by atoms with van der Waals surface area (Å²) in [6.45, 7) is 0.754. The van der Waals surface area contributed by atoms with Crippen molar-refractivity contribution in [2.24, 2.45) is 0 Å². The van der Waals surface area contributed by atoms with Crippen LogP contribution in [0.5, 0.6) is 0 Å². The van der Waals surface area contributed by atoms with Crippen molar-refractivity contribution in [2.45, 2.75) is 51.0 Å². The van der Waals surface area contributed by atoms with E-state index >= 15 is 0 Å². The molecule has 0 radical (unpaired) electrons. The Hall–Kier alpha value is -2.95. The molecule has 0 spiro atoms. The van der Waals surface area contributed by atoms with Crippen molar-refractivity contribution >= 4 is 23.4 Å². The fraction of sp³-hybridized carbons (Fsp3) is 0.375. The van der Waals surface area contributed by atoms with Crippen molar-refractivity contribution < 1.29 is 14.4 Å². The molecule has 0 saturated carbocycles. The van der Waals surface area contributed by atoms with Gasteiger partial charge >= 0.3 is 0 Å². The van der Waals surface area contributed by atoms with E-state index in [2.05, 4.69) is 12.1 Å². The zero-order chi connectivity index (χ0) is 20.2. The Labute approximate surface area is 171 Å². The van der Waals surface area contributed by atoms with E-state index in [0.717, 1.165) is 38.6 Å². The number of piperidine rings is 1. The molecule has 5 nitrogen and oxygen atoms in total. The molecule has 1 atom stereocenters. The lowest BCUT2D eigenvalue weighted by Crippen LogP contribution is -2.44. The van der Waals surface area contributed by atoms with E-state index in [1.54, 1.807) is 24.3 Å². The molecule has 5 heteroatoms. The minimum Gasteiger partial charge on any atom is -0.336 e. The molecule has 2 saturated heterocycles. The molecular weight excluding hydrogens is 364 g/mol. The Bertz CT molecular complexity index is 893. The Kier molecular flexibility index (Phi) is 5.74. The number of hydrogen-bond acceptors (Lipinski definition) is 3. The van der Waals surface area contributed by atoms with Gasteiger partial charge in [-0.1, -0.05) is 36.4 Å². The summed E-state index contributed by atoms with van der Waals surface area (Å²) in [4.78, 5) is 40.6. The molecule has 2 aromatic rings. The second-order valence-electron chi connectivity index (χ2n) is 7.85. The molecule has 2 heterocycles. The van der Waals surface area contributed by atoms with Gasteiger partial charge in [-0.2, -0.15) is 0 Å². The number of nitrogens with zero attached hydrogens (tertiary/aromatic N) is 2. The predicted molar refractivity (Wildman–Crippen MR) is 112 cm³/mol. The van der Waals surface area contributed by atoms with E-state index in [9.17, 15) is 14.4 Å². The van der Waals surface area contributed by atoms with Gasteiger partial charge in [0.15, 0.2) is 0 Å². The monoisotopic (exact) mass is 390 g/mol. The van der Waals surface area contributed by atoms with E-state index < -0.39 is 0 Å². The van der Waals surface area contributed by atoms with E-state index in [0.29, 0.717) is 11.3 Å². The predicted octanol–water partition coefficient (Wildman–Crippen LogP) is 3.97.